The molecule has 0 fully saturated rings. The number of ether oxygens (including phenoxy) is 1. The summed E-state index contributed by atoms with van der Waals surface area (Å²) in [6, 6.07) is 13.0. The number of halogens is 3. The Morgan fingerprint density at radius 3 is 2.31 bits per heavy atom. The van der Waals surface area contributed by atoms with Crippen LogP contribution < -0.4 is 4.90 Å². The summed E-state index contributed by atoms with van der Waals surface area (Å²) < 4.78 is 46.0. The Labute approximate surface area is 205 Å². The zero-order valence-corrected chi connectivity index (χ0v) is 20.7. The molecular formula is C28H31F3N2O2. The van der Waals surface area contributed by atoms with Gasteiger partial charge in [0.2, 0.25) is 0 Å². The van der Waals surface area contributed by atoms with Gasteiger partial charge in [-0.3, -0.25) is 9.69 Å². The fourth-order valence-corrected chi connectivity index (χ4v) is 3.98. The van der Waals surface area contributed by atoms with Gasteiger partial charge in [0.15, 0.2) is 0 Å². The zero-order chi connectivity index (χ0) is 25.8. The van der Waals surface area contributed by atoms with Gasteiger partial charge in [-0.2, -0.15) is 13.2 Å². The second kappa shape index (κ2) is 10.8. The minimum atomic E-state index is -4.54. The first-order chi connectivity index (χ1) is 16.6. The van der Waals surface area contributed by atoms with Crippen LogP contribution in [0.15, 0.2) is 83.3 Å². The number of nitrogens with zero attached hydrogens (tertiary/aromatic N) is 2. The van der Waals surface area contributed by atoms with E-state index in [9.17, 15) is 18.0 Å². The van der Waals surface area contributed by atoms with Crippen molar-refractivity contribution in [3.05, 3.63) is 100.0 Å². The molecule has 0 saturated heterocycles. The second-order valence-electron chi connectivity index (χ2n) is 8.71. The minimum Gasteiger partial charge on any atom is -0.497 e. The van der Waals surface area contributed by atoms with E-state index < -0.39 is 17.6 Å². The van der Waals surface area contributed by atoms with Crippen molar-refractivity contribution in [2.24, 2.45) is 0 Å². The molecule has 0 spiro atoms. The quantitative estimate of drug-likeness (QED) is 0.305. The summed E-state index contributed by atoms with van der Waals surface area (Å²) in [6.07, 6.45) is -0.141. The molecule has 4 nitrogen and oxygen atoms in total. The number of alkyl halides is 3. The fourth-order valence-electron chi connectivity index (χ4n) is 3.98. The van der Waals surface area contributed by atoms with Crippen molar-refractivity contribution in [2.75, 3.05) is 18.7 Å². The van der Waals surface area contributed by atoms with Gasteiger partial charge in [0.25, 0.3) is 5.91 Å². The van der Waals surface area contributed by atoms with E-state index in [1.807, 2.05) is 62.9 Å². The van der Waals surface area contributed by atoms with Gasteiger partial charge in [-0.05, 0) is 68.7 Å². The number of hydrogen-bond acceptors (Lipinski definition) is 3. The molecule has 0 aliphatic carbocycles. The van der Waals surface area contributed by atoms with Crippen LogP contribution in [0.3, 0.4) is 0 Å². The van der Waals surface area contributed by atoms with Gasteiger partial charge >= 0.3 is 6.18 Å². The van der Waals surface area contributed by atoms with E-state index in [4.69, 9.17) is 4.74 Å². The molecule has 2 aromatic carbocycles. The van der Waals surface area contributed by atoms with E-state index in [2.05, 4.69) is 0 Å². The minimum absolute atomic E-state index is 0.0291. The Hall–Kier alpha value is -3.48. The first-order valence-electron chi connectivity index (χ1n) is 11.5. The number of amides is 1. The number of anilines is 1. The molecule has 3 rings (SSSR count). The highest BCUT2D eigenvalue weighted by Gasteiger charge is 2.36. The molecule has 0 aromatic heterocycles. The summed E-state index contributed by atoms with van der Waals surface area (Å²) in [4.78, 5) is 17.0. The topological polar surface area (TPSA) is 32.8 Å². The van der Waals surface area contributed by atoms with Gasteiger partial charge in [-0.25, -0.2) is 0 Å². The summed E-state index contributed by atoms with van der Waals surface area (Å²) in [5.41, 5.74) is 3.19. The Morgan fingerprint density at radius 2 is 1.74 bits per heavy atom. The van der Waals surface area contributed by atoms with Crippen molar-refractivity contribution in [3.63, 3.8) is 0 Å². The number of allylic oxidation sites excluding steroid dienone is 4. The van der Waals surface area contributed by atoms with Crippen molar-refractivity contribution < 1.29 is 22.7 Å². The molecule has 0 N–H and O–H groups in total. The lowest BCUT2D eigenvalue weighted by atomic mass is 10.0. The maximum absolute atomic E-state index is 13.6. The summed E-state index contributed by atoms with van der Waals surface area (Å²) >= 11 is 0. The largest absolute Gasteiger partial charge is 0.497 e. The molecular weight excluding hydrogens is 453 g/mol. The Balaban J connectivity index is 2.10. The van der Waals surface area contributed by atoms with E-state index in [-0.39, 0.29) is 12.2 Å². The van der Waals surface area contributed by atoms with Crippen molar-refractivity contribution in [2.45, 2.75) is 46.8 Å². The van der Waals surface area contributed by atoms with Crippen LogP contribution in [0.5, 0.6) is 0 Å². The third-order valence-corrected chi connectivity index (χ3v) is 6.04. The predicted octanol–water partition coefficient (Wildman–Crippen LogP) is 7.31. The normalized spacial score (nSPS) is 14.7. The lowest BCUT2D eigenvalue weighted by molar-refractivity contribution is -0.137. The molecule has 7 heteroatoms. The SMILES string of the molecule is CC/C(C)=C(/C=C\C(=C(C)C)N1CN(Cc2ccccc2)c2ccc(C(F)(F)F)cc2C1=O)OC. The third-order valence-electron chi connectivity index (χ3n) is 6.04. The number of fused-ring (bicyclic) bond motifs is 1. The second-order valence-corrected chi connectivity index (χ2v) is 8.71. The van der Waals surface area contributed by atoms with Crippen LogP contribution in [0.2, 0.25) is 0 Å². The molecule has 0 radical (unpaired) electrons. The van der Waals surface area contributed by atoms with Crippen molar-refractivity contribution in [1.29, 1.82) is 0 Å². The first-order valence-corrected chi connectivity index (χ1v) is 11.5. The van der Waals surface area contributed by atoms with Gasteiger partial charge in [0.05, 0.1) is 30.6 Å². The molecule has 1 amide bonds. The summed E-state index contributed by atoms with van der Waals surface area (Å²) in [5, 5.41) is 0. The number of hydrogen-bond donors (Lipinski definition) is 0. The smallest absolute Gasteiger partial charge is 0.416 e. The van der Waals surface area contributed by atoms with E-state index >= 15 is 0 Å². The van der Waals surface area contributed by atoms with Crippen molar-refractivity contribution in [1.82, 2.24) is 4.90 Å². The number of benzene rings is 2. The van der Waals surface area contributed by atoms with E-state index in [0.717, 1.165) is 35.3 Å². The Kier molecular flexibility index (Phi) is 8.10. The van der Waals surface area contributed by atoms with Crippen LogP contribution in [0.25, 0.3) is 0 Å². The van der Waals surface area contributed by atoms with Gasteiger partial charge in [0, 0.05) is 12.2 Å². The number of methoxy groups -OCH3 is 1. The predicted molar refractivity (Wildman–Crippen MR) is 133 cm³/mol. The van der Waals surface area contributed by atoms with Crippen LogP contribution in [-0.4, -0.2) is 24.6 Å². The van der Waals surface area contributed by atoms with Crippen molar-refractivity contribution in [3.8, 4) is 0 Å². The molecule has 0 bridgehead atoms. The lowest BCUT2D eigenvalue weighted by Crippen LogP contribution is -2.46. The molecule has 0 unspecified atom stereocenters. The fraction of sp³-hybridized carbons (Fsp3) is 0.321. The highest BCUT2D eigenvalue weighted by Crippen LogP contribution is 2.37. The van der Waals surface area contributed by atoms with Gasteiger partial charge in [-0.1, -0.05) is 42.8 Å². The summed E-state index contributed by atoms with van der Waals surface area (Å²) in [7, 11) is 1.59. The van der Waals surface area contributed by atoms with E-state index in [1.54, 1.807) is 19.3 Å². The highest BCUT2D eigenvalue weighted by atomic mass is 19.4. The maximum atomic E-state index is 13.6. The van der Waals surface area contributed by atoms with E-state index in [0.29, 0.717) is 23.7 Å². The van der Waals surface area contributed by atoms with Crippen LogP contribution in [0.4, 0.5) is 18.9 Å². The summed E-state index contributed by atoms with van der Waals surface area (Å²) in [6.45, 7) is 8.39. The Morgan fingerprint density at radius 1 is 1.06 bits per heavy atom. The van der Waals surface area contributed by atoms with Crippen LogP contribution in [-0.2, 0) is 17.5 Å². The van der Waals surface area contributed by atoms with Crippen LogP contribution in [0.1, 0.15) is 55.6 Å². The first kappa shape index (κ1) is 26.1. The van der Waals surface area contributed by atoms with Gasteiger partial charge < -0.3 is 9.64 Å². The monoisotopic (exact) mass is 484 g/mol. The average molecular weight is 485 g/mol. The molecule has 1 aliphatic rings. The Bertz CT molecular complexity index is 1160. The zero-order valence-electron chi connectivity index (χ0n) is 20.7. The third kappa shape index (κ3) is 5.96. The van der Waals surface area contributed by atoms with Crippen LogP contribution >= 0.6 is 0 Å². The maximum Gasteiger partial charge on any atom is 0.416 e. The van der Waals surface area contributed by atoms with Gasteiger partial charge in [0.1, 0.15) is 5.76 Å². The van der Waals surface area contributed by atoms with Crippen LogP contribution in [0, 0.1) is 0 Å². The molecule has 0 saturated carbocycles. The van der Waals surface area contributed by atoms with Gasteiger partial charge in [-0.15, -0.1) is 0 Å². The number of carbonyl (C=O) groups is 1. The standard InChI is InChI=1S/C28H31F3N2O2/c1-6-20(4)26(35-5)15-14-24(19(2)3)33-18-32(17-21-10-8-7-9-11-21)25-13-12-22(28(29,30)31)16-23(25)27(33)34/h7-16H,6,17-18H2,1-5H3/b15-14-,26-20-. The molecule has 2 aromatic rings. The summed E-state index contributed by atoms with van der Waals surface area (Å²) in [5.74, 6) is 0.225. The number of carbonyl (C=O) groups excluding carboxylic acids is 1. The molecule has 1 aliphatic heterocycles. The van der Waals surface area contributed by atoms with Crippen molar-refractivity contribution >= 4 is 11.6 Å². The molecule has 1 heterocycles. The molecule has 186 valence electrons. The van der Waals surface area contributed by atoms with E-state index in [1.165, 1.54) is 11.0 Å². The lowest BCUT2D eigenvalue weighted by Gasteiger charge is -2.39. The molecule has 35 heavy (non-hydrogen) atoms. The number of rotatable bonds is 7. The average Bonchev–Trinajstić information content (AvgIpc) is 2.83. The highest BCUT2D eigenvalue weighted by molar-refractivity contribution is 6.03. The molecule has 0 atom stereocenters.